The number of hydrogen-bond donors (Lipinski definition) is 1. The normalized spacial score (nSPS) is 18.3. The molecule has 0 bridgehead atoms. The highest BCUT2D eigenvalue weighted by molar-refractivity contribution is 7.99. The number of thioether (sulfide) groups is 1. The van der Waals surface area contributed by atoms with E-state index in [1.165, 1.54) is 18.2 Å². The van der Waals surface area contributed by atoms with E-state index < -0.39 is 17.9 Å². The molecule has 0 fully saturated rings. The van der Waals surface area contributed by atoms with Crippen molar-refractivity contribution in [3.63, 3.8) is 0 Å². The minimum atomic E-state index is -0.849. The van der Waals surface area contributed by atoms with Gasteiger partial charge < -0.3 is 14.0 Å². The molecule has 142 valence electrons. The lowest BCUT2D eigenvalue weighted by Gasteiger charge is -2.25. The fraction of sp³-hybridized carbons (Fsp3) is 0.444. The standard InChI is InChI=1S/C18H20N4O4S/c23-16(11-27-18-21-20-15-8-2-1-5-9-22(15)18)19-17(24)14-10-25-12-6-3-4-7-13(12)26-14/h3-4,6-7,14H,1-2,5,8-11H2,(H,19,23,24)/t14-/m0/s1. The summed E-state index contributed by atoms with van der Waals surface area (Å²) in [6.45, 7) is 0.943. The third-order valence-electron chi connectivity index (χ3n) is 4.47. The molecule has 27 heavy (non-hydrogen) atoms. The van der Waals surface area contributed by atoms with Gasteiger partial charge in [0.25, 0.3) is 5.91 Å². The van der Waals surface area contributed by atoms with Gasteiger partial charge in [0, 0.05) is 13.0 Å². The Hall–Kier alpha value is -2.55. The fourth-order valence-electron chi connectivity index (χ4n) is 3.10. The Labute approximate surface area is 160 Å². The number of para-hydroxylation sites is 2. The predicted molar refractivity (Wildman–Crippen MR) is 97.8 cm³/mol. The number of fused-ring (bicyclic) bond motifs is 2. The van der Waals surface area contributed by atoms with E-state index in [1.54, 1.807) is 18.2 Å². The molecule has 2 aliphatic heterocycles. The summed E-state index contributed by atoms with van der Waals surface area (Å²) in [5.74, 6) is 1.26. The van der Waals surface area contributed by atoms with Crippen LogP contribution in [0.4, 0.5) is 0 Å². The fourth-order valence-corrected chi connectivity index (χ4v) is 3.88. The van der Waals surface area contributed by atoms with Crippen LogP contribution in [-0.4, -0.2) is 45.0 Å². The molecule has 2 aromatic rings. The number of nitrogens with zero attached hydrogens (tertiary/aromatic N) is 3. The molecule has 0 aliphatic carbocycles. The molecule has 8 nitrogen and oxygen atoms in total. The van der Waals surface area contributed by atoms with Gasteiger partial charge in [0.05, 0.1) is 5.75 Å². The summed E-state index contributed by atoms with van der Waals surface area (Å²) in [6, 6.07) is 7.12. The van der Waals surface area contributed by atoms with Gasteiger partial charge >= 0.3 is 0 Å². The molecule has 0 unspecified atom stereocenters. The van der Waals surface area contributed by atoms with Crippen molar-refractivity contribution in [2.75, 3.05) is 12.4 Å². The van der Waals surface area contributed by atoms with Crippen LogP contribution in [0.15, 0.2) is 29.4 Å². The van der Waals surface area contributed by atoms with Gasteiger partial charge in [0.15, 0.2) is 16.7 Å². The van der Waals surface area contributed by atoms with E-state index in [0.717, 1.165) is 36.8 Å². The highest BCUT2D eigenvalue weighted by atomic mass is 32.2. The topological polar surface area (TPSA) is 95.3 Å². The van der Waals surface area contributed by atoms with Gasteiger partial charge in [0.1, 0.15) is 12.4 Å². The van der Waals surface area contributed by atoms with E-state index in [0.29, 0.717) is 11.5 Å². The van der Waals surface area contributed by atoms with Crippen molar-refractivity contribution in [3.05, 3.63) is 30.1 Å². The molecule has 1 N–H and O–H groups in total. The smallest absolute Gasteiger partial charge is 0.271 e. The predicted octanol–water partition coefficient (Wildman–Crippen LogP) is 1.58. The third-order valence-corrected chi connectivity index (χ3v) is 5.44. The first kappa shape index (κ1) is 17.8. The minimum Gasteiger partial charge on any atom is -0.485 e. The largest absolute Gasteiger partial charge is 0.485 e. The van der Waals surface area contributed by atoms with Crippen molar-refractivity contribution in [2.24, 2.45) is 0 Å². The van der Waals surface area contributed by atoms with Gasteiger partial charge in [-0.15, -0.1) is 10.2 Å². The monoisotopic (exact) mass is 388 g/mol. The van der Waals surface area contributed by atoms with E-state index in [1.807, 2.05) is 6.07 Å². The Balaban J connectivity index is 1.30. The van der Waals surface area contributed by atoms with Crippen LogP contribution < -0.4 is 14.8 Å². The summed E-state index contributed by atoms with van der Waals surface area (Å²) >= 11 is 1.29. The summed E-state index contributed by atoms with van der Waals surface area (Å²) < 4.78 is 13.2. The maximum absolute atomic E-state index is 12.3. The van der Waals surface area contributed by atoms with E-state index in [-0.39, 0.29) is 12.4 Å². The Kier molecular flexibility index (Phi) is 5.28. The second kappa shape index (κ2) is 7.99. The number of carbonyl (C=O) groups is 2. The van der Waals surface area contributed by atoms with Gasteiger partial charge in [0.2, 0.25) is 12.0 Å². The molecule has 1 atom stereocenters. The average Bonchev–Trinajstić information content (AvgIpc) is 2.92. The SMILES string of the molecule is O=C(CSc1nnc2n1CCCCC2)NC(=O)[C@@H]1COc2ccccc2O1. The zero-order chi connectivity index (χ0) is 18.6. The lowest BCUT2D eigenvalue weighted by molar-refractivity contribution is -0.135. The number of nitrogens with one attached hydrogen (secondary N) is 1. The van der Waals surface area contributed by atoms with Crippen molar-refractivity contribution in [1.29, 1.82) is 0 Å². The van der Waals surface area contributed by atoms with Crippen molar-refractivity contribution in [3.8, 4) is 11.5 Å². The first-order valence-corrected chi connectivity index (χ1v) is 9.96. The van der Waals surface area contributed by atoms with Gasteiger partial charge in [-0.1, -0.05) is 30.3 Å². The minimum absolute atomic E-state index is 0.0704. The molecule has 0 spiro atoms. The molecule has 1 aromatic heterocycles. The number of aryl methyl sites for hydroxylation is 1. The molecular formula is C18H20N4O4S. The van der Waals surface area contributed by atoms with Crippen LogP contribution in [0.2, 0.25) is 0 Å². The van der Waals surface area contributed by atoms with Crippen LogP contribution in [0.25, 0.3) is 0 Å². The summed E-state index contributed by atoms with van der Waals surface area (Å²) in [7, 11) is 0. The zero-order valence-corrected chi connectivity index (χ0v) is 15.5. The van der Waals surface area contributed by atoms with Crippen molar-refractivity contribution in [1.82, 2.24) is 20.1 Å². The molecule has 9 heteroatoms. The van der Waals surface area contributed by atoms with Gasteiger partial charge in [-0.25, -0.2) is 0 Å². The van der Waals surface area contributed by atoms with Crippen molar-refractivity contribution < 1.29 is 19.1 Å². The second-order valence-corrected chi connectivity index (χ2v) is 7.37. The molecule has 1 aromatic carbocycles. The lowest BCUT2D eigenvalue weighted by atomic mass is 10.2. The van der Waals surface area contributed by atoms with Crippen LogP contribution in [0.3, 0.4) is 0 Å². The molecule has 0 saturated heterocycles. The van der Waals surface area contributed by atoms with E-state index in [4.69, 9.17) is 9.47 Å². The first-order chi connectivity index (χ1) is 13.2. The van der Waals surface area contributed by atoms with Gasteiger partial charge in [-0.2, -0.15) is 0 Å². The number of rotatable bonds is 4. The number of ether oxygens (including phenoxy) is 2. The molecule has 2 amide bonds. The number of benzene rings is 1. The third kappa shape index (κ3) is 4.08. The number of aromatic nitrogens is 3. The molecular weight excluding hydrogens is 368 g/mol. The van der Waals surface area contributed by atoms with Crippen molar-refractivity contribution >= 4 is 23.6 Å². The number of imide groups is 1. The maximum atomic E-state index is 12.3. The highest BCUT2D eigenvalue weighted by Gasteiger charge is 2.28. The Morgan fingerprint density at radius 2 is 2.04 bits per heavy atom. The van der Waals surface area contributed by atoms with E-state index in [2.05, 4.69) is 20.1 Å². The van der Waals surface area contributed by atoms with Crippen LogP contribution >= 0.6 is 11.8 Å². The second-order valence-electron chi connectivity index (χ2n) is 6.43. The quantitative estimate of drug-likeness (QED) is 0.795. The van der Waals surface area contributed by atoms with Crippen LogP contribution in [0.1, 0.15) is 25.1 Å². The van der Waals surface area contributed by atoms with E-state index >= 15 is 0 Å². The zero-order valence-electron chi connectivity index (χ0n) is 14.7. The maximum Gasteiger partial charge on any atom is 0.271 e. The highest BCUT2D eigenvalue weighted by Crippen LogP contribution is 2.30. The molecule has 3 heterocycles. The number of amides is 2. The van der Waals surface area contributed by atoms with Crippen LogP contribution in [-0.2, 0) is 22.6 Å². The lowest BCUT2D eigenvalue weighted by Crippen LogP contribution is -2.46. The number of hydrogen-bond acceptors (Lipinski definition) is 7. The van der Waals surface area contributed by atoms with Gasteiger partial charge in [-0.05, 0) is 25.0 Å². The molecule has 0 saturated carbocycles. The Morgan fingerprint density at radius 1 is 1.19 bits per heavy atom. The average molecular weight is 388 g/mol. The molecule has 0 radical (unpaired) electrons. The summed E-state index contributed by atoms with van der Waals surface area (Å²) in [5.41, 5.74) is 0. The Morgan fingerprint density at radius 3 is 2.93 bits per heavy atom. The van der Waals surface area contributed by atoms with Crippen LogP contribution in [0.5, 0.6) is 11.5 Å². The van der Waals surface area contributed by atoms with Crippen LogP contribution in [0, 0.1) is 0 Å². The summed E-state index contributed by atoms with van der Waals surface area (Å²) in [4.78, 5) is 24.4. The first-order valence-electron chi connectivity index (χ1n) is 8.98. The summed E-state index contributed by atoms with van der Waals surface area (Å²) in [5, 5.41) is 11.5. The van der Waals surface area contributed by atoms with E-state index in [9.17, 15) is 9.59 Å². The number of carbonyl (C=O) groups excluding carboxylic acids is 2. The summed E-state index contributed by atoms with van der Waals surface area (Å²) in [6.07, 6.45) is 3.44. The molecule has 4 rings (SSSR count). The Bertz CT molecular complexity index is 854. The van der Waals surface area contributed by atoms with Crippen molar-refractivity contribution in [2.45, 2.75) is 43.5 Å². The van der Waals surface area contributed by atoms with Gasteiger partial charge in [-0.3, -0.25) is 14.9 Å². The molecule has 2 aliphatic rings.